The van der Waals surface area contributed by atoms with Crippen molar-refractivity contribution < 1.29 is 22.7 Å². The third-order valence-electron chi connectivity index (χ3n) is 5.09. The smallest absolute Gasteiger partial charge is 0.451 e. The molecular formula is C19H23F3N8O2S. The minimum absolute atomic E-state index is 0.0977. The lowest BCUT2D eigenvalue weighted by Gasteiger charge is -2.29. The number of thiophene rings is 1. The second-order valence-electron chi connectivity index (χ2n) is 7.41. The number of anilines is 2. The van der Waals surface area contributed by atoms with Gasteiger partial charge in [-0.15, -0.1) is 21.5 Å². The number of aromatic nitrogens is 5. The molecule has 0 bridgehead atoms. The van der Waals surface area contributed by atoms with E-state index in [-0.39, 0.29) is 18.9 Å². The monoisotopic (exact) mass is 484 g/mol. The third-order valence-corrected chi connectivity index (χ3v) is 6.18. The topological polar surface area (TPSA) is 110 Å². The first-order chi connectivity index (χ1) is 15.8. The van der Waals surface area contributed by atoms with Gasteiger partial charge in [0.15, 0.2) is 5.82 Å². The molecule has 3 aromatic rings. The van der Waals surface area contributed by atoms with Crippen LogP contribution in [0.2, 0.25) is 0 Å². The fraction of sp³-hybridized carbons (Fsp3) is 0.526. The lowest BCUT2D eigenvalue weighted by Crippen LogP contribution is -2.36. The molecule has 14 heteroatoms. The van der Waals surface area contributed by atoms with E-state index in [9.17, 15) is 18.0 Å². The van der Waals surface area contributed by atoms with Crippen molar-refractivity contribution in [3.05, 3.63) is 22.6 Å². The number of halogens is 3. The van der Waals surface area contributed by atoms with Crippen molar-refractivity contribution in [3.8, 4) is 0 Å². The Labute approximate surface area is 191 Å². The molecule has 3 aromatic heterocycles. The molecule has 0 atom stereocenters. The number of nitrogens with zero attached hydrogens (tertiary/aromatic N) is 6. The first-order valence-corrected chi connectivity index (χ1v) is 11.2. The van der Waals surface area contributed by atoms with Gasteiger partial charge in [0, 0.05) is 31.1 Å². The highest BCUT2D eigenvalue weighted by Gasteiger charge is 2.39. The van der Waals surface area contributed by atoms with Gasteiger partial charge >= 0.3 is 12.3 Å². The van der Waals surface area contributed by atoms with Crippen LogP contribution in [0.15, 0.2) is 6.07 Å². The number of alkyl carbamates (subject to hydrolysis) is 1. The maximum atomic E-state index is 13.2. The fourth-order valence-corrected chi connectivity index (χ4v) is 4.73. The molecular weight excluding hydrogens is 461 g/mol. The van der Waals surface area contributed by atoms with E-state index in [4.69, 9.17) is 0 Å². The van der Waals surface area contributed by atoms with E-state index in [1.807, 2.05) is 11.0 Å². The van der Waals surface area contributed by atoms with E-state index in [0.717, 1.165) is 32.5 Å². The number of amides is 1. The molecule has 0 aliphatic carbocycles. The first kappa shape index (κ1) is 23.0. The zero-order valence-electron chi connectivity index (χ0n) is 18.1. The Kier molecular flexibility index (Phi) is 6.54. The highest BCUT2D eigenvalue weighted by Crippen LogP contribution is 2.35. The second-order valence-corrected chi connectivity index (χ2v) is 8.52. The van der Waals surface area contributed by atoms with E-state index in [1.54, 1.807) is 11.3 Å². The predicted octanol–water partition coefficient (Wildman–Crippen LogP) is 3.04. The molecule has 10 nitrogen and oxygen atoms in total. The molecule has 1 aliphatic rings. The van der Waals surface area contributed by atoms with E-state index in [2.05, 4.69) is 42.5 Å². The van der Waals surface area contributed by atoms with Gasteiger partial charge in [0.05, 0.1) is 19.0 Å². The number of ether oxygens (including phenoxy) is 1. The maximum Gasteiger partial charge on any atom is 0.451 e. The molecule has 178 valence electrons. The zero-order valence-corrected chi connectivity index (χ0v) is 18.9. The van der Waals surface area contributed by atoms with E-state index >= 15 is 0 Å². The summed E-state index contributed by atoms with van der Waals surface area (Å²) < 4.78 is 45.2. The van der Waals surface area contributed by atoms with Crippen molar-refractivity contribution in [1.29, 1.82) is 0 Å². The van der Waals surface area contributed by atoms with Crippen LogP contribution in [0.4, 0.5) is 29.7 Å². The highest BCUT2D eigenvalue weighted by molar-refractivity contribution is 7.18. The second kappa shape index (κ2) is 9.37. The van der Waals surface area contributed by atoms with Crippen LogP contribution in [-0.2, 0) is 30.4 Å². The van der Waals surface area contributed by atoms with Gasteiger partial charge < -0.3 is 24.8 Å². The minimum atomic E-state index is -4.55. The minimum Gasteiger partial charge on any atom is -0.453 e. The number of carbonyl (C=O) groups is 1. The van der Waals surface area contributed by atoms with Gasteiger partial charge in [-0.05, 0) is 12.5 Å². The Morgan fingerprint density at radius 1 is 1.24 bits per heavy atom. The number of hydrogen-bond donors (Lipinski definition) is 2. The van der Waals surface area contributed by atoms with Crippen molar-refractivity contribution in [1.82, 2.24) is 30.0 Å². The Morgan fingerprint density at radius 3 is 2.79 bits per heavy atom. The number of carbonyl (C=O) groups excluding carboxylic acids is 1. The number of alkyl halides is 3. The van der Waals surface area contributed by atoms with Crippen LogP contribution in [0.25, 0.3) is 10.2 Å². The summed E-state index contributed by atoms with van der Waals surface area (Å²) in [5, 5.41) is 13.6. The quantitative estimate of drug-likeness (QED) is 0.493. The van der Waals surface area contributed by atoms with Crippen LogP contribution in [-0.4, -0.2) is 57.6 Å². The van der Waals surface area contributed by atoms with Gasteiger partial charge in [-0.1, -0.05) is 13.3 Å². The normalized spacial score (nSPS) is 13.8. The van der Waals surface area contributed by atoms with Gasteiger partial charge in [-0.2, -0.15) is 18.2 Å². The van der Waals surface area contributed by atoms with Gasteiger partial charge in [0.1, 0.15) is 10.6 Å². The summed E-state index contributed by atoms with van der Waals surface area (Å²) in [6.45, 7) is 3.34. The molecule has 0 spiro atoms. The Balaban J connectivity index is 1.61. The predicted molar refractivity (Wildman–Crippen MR) is 116 cm³/mol. The average molecular weight is 485 g/mol. The largest absolute Gasteiger partial charge is 0.453 e. The number of rotatable bonds is 7. The molecule has 33 heavy (non-hydrogen) atoms. The number of aryl methyl sites for hydroxylation is 1. The molecule has 2 N–H and O–H groups in total. The zero-order chi connectivity index (χ0) is 23.6. The van der Waals surface area contributed by atoms with Crippen LogP contribution < -0.4 is 15.5 Å². The first-order valence-electron chi connectivity index (χ1n) is 10.4. The molecule has 4 heterocycles. The van der Waals surface area contributed by atoms with E-state index in [0.29, 0.717) is 31.4 Å². The lowest BCUT2D eigenvalue weighted by atomic mass is 10.2. The molecule has 0 unspecified atom stereocenters. The Hall–Kier alpha value is -3.16. The maximum absolute atomic E-state index is 13.2. The summed E-state index contributed by atoms with van der Waals surface area (Å²) in [5.41, 5.74) is 0. The molecule has 0 saturated heterocycles. The van der Waals surface area contributed by atoms with Crippen molar-refractivity contribution in [2.24, 2.45) is 0 Å². The summed E-state index contributed by atoms with van der Waals surface area (Å²) in [4.78, 5) is 24.3. The highest BCUT2D eigenvalue weighted by atomic mass is 32.1. The van der Waals surface area contributed by atoms with E-state index in [1.165, 1.54) is 7.11 Å². The summed E-state index contributed by atoms with van der Waals surface area (Å²) in [6, 6.07) is 2.04. The van der Waals surface area contributed by atoms with Gasteiger partial charge in [0.25, 0.3) is 0 Å². The van der Waals surface area contributed by atoms with Crippen molar-refractivity contribution >= 4 is 39.4 Å². The van der Waals surface area contributed by atoms with Crippen molar-refractivity contribution in [2.75, 3.05) is 37.0 Å². The molecule has 0 saturated carbocycles. The number of nitrogens with one attached hydrogen (secondary N) is 2. The van der Waals surface area contributed by atoms with Crippen LogP contribution >= 0.6 is 11.3 Å². The van der Waals surface area contributed by atoms with E-state index < -0.39 is 18.1 Å². The lowest BCUT2D eigenvalue weighted by molar-refractivity contribution is -0.147. The molecule has 0 fully saturated rings. The van der Waals surface area contributed by atoms with Crippen molar-refractivity contribution in [2.45, 2.75) is 39.0 Å². The third kappa shape index (κ3) is 4.94. The Morgan fingerprint density at radius 2 is 2.06 bits per heavy atom. The van der Waals surface area contributed by atoms with Gasteiger partial charge in [-0.25, -0.2) is 9.78 Å². The molecule has 4 rings (SSSR count). The SMILES string of the molecule is CCCc1cc2c(N3CCn4c(nnc4C(F)(F)F)C3)nc(NCCNC(=O)OC)nc2s1. The standard InChI is InChI=1S/C19H23F3N8O2S/c1-3-4-11-9-12-14(25-17(26-15(12)33-11)23-5-6-24-18(31)32-2)29-7-8-30-13(10-29)27-28-16(30)19(20,21)22/h9H,3-8,10H2,1-2H3,(H,24,31)(H,23,25,26). The summed E-state index contributed by atoms with van der Waals surface area (Å²) in [7, 11) is 1.29. The molecule has 1 amide bonds. The van der Waals surface area contributed by atoms with Crippen LogP contribution in [0.5, 0.6) is 0 Å². The van der Waals surface area contributed by atoms with Gasteiger partial charge in [-0.3, -0.25) is 0 Å². The van der Waals surface area contributed by atoms with Crippen LogP contribution in [0, 0.1) is 0 Å². The number of hydrogen-bond acceptors (Lipinski definition) is 9. The molecule has 1 aliphatic heterocycles. The van der Waals surface area contributed by atoms with Crippen LogP contribution in [0.3, 0.4) is 0 Å². The average Bonchev–Trinajstić information content (AvgIpc) is 3.39. The number of fused-ring (bicyclic) bond motifs is 2. The molecule has 0 aromatic carbocycles. The Bertz CT molecular complexity index is 1150. The summed E-state index contributed by atoms with van der Waals surface area (Å²) >= 11 is 1.57. The number of methoxy groups -OCH3 is 1. The molecule has 0 radical (unpaired) electrons. The summed E-state index contributed by atoms with van der Waals surface area (Å²) in [6.07, 6.45) is -3.21. The van der Waals surface area contributed by atoms with Crippen LogP contribution in [0.1, 0.15) is 29.9 Å². The summed E-state index contributed by atoms with van der Waals surface area (Å²) in [5.74, 6) is 0.259. The van der Waals surface area contributed by atoms with Gasteiger partial charge in [0.2, 0.25) is 11.8 Å². The fourth-order valence-electron chi connectivity index (χ4n) is 3.61. The van der Waals surface area contributed by atoms with Crippen molar-refractivity contribution in [3.63, 3.8) is 0 Å².